The van der Waals surface area contributed by atoms with E-state index in [1.807, 2.05) is 13.8 Å². The molecule has 0 unspecified atom stereocenters. The van der Waals surface area contributed by atoms with E-state index in [0.717, 1.165) is 12.1 Å². The Bertz CT molecular complexity index is 602. The van der Waals surface area contributed by atoms with Crippen LogP contribution in [0.5, 0.6) is 0 Å². The smallest absolute Gasteiger partial charge is 0.330 e. The van der Waals surface area contributed by atoms with Crippen LogP contribution in [0.25, 0.3) is 0 Å². The molecular weight excluding hydrogens is 307 g/mol. The quantitative estimate of drug-likeness (QED) is 0.482. The Morgan fingerprint density at radius 2 is 2.10 bits per heavy atom. The molecule has 0 N–H and O–H groups in total. The van der Waals surface area contributed by atoms with Gasteiger partial charge in [-0.25, -0.2) is 0 Å². The fourth-order valence-corrected chi connectivity index (χ4v) is 2.54. The molecule has 1 heterocycles. The second-order valence-electron chi connectivity index (χ2n) is 5.14. The molecule has 1 aromatic carbocycles. The molecule has 9 heteroatoms. The van der Waals surface area contributed by atoms with Crippen LogP contribution in [0, 0.1) is 10.1 Å². The summed E-state index contributed by atoms with van der Waals surface area (Å²) in [6, 6.07) is 3.68. The van der Waals surface area contributed by atoms with Crippen LogP contribution in [0.15, 0.2) is 28.1 Å². The average Bonchev–Trinajstić information content (AvgIpc) is 2.68. The molecule has 1 aliphatic rings. The Labute approximate surface area is 123 Å². The highest BCUT2D eigenvalue weighted by Gasteiger charge is 2.34. The third-order valence-electron chi connectivity index (χ3n) is 2.80. The molecule has 0 saturated carbocycles. The Hall–Kier alpha value is -1.77. The van der Waals surface area contributed by atoms with Crippen LogP contribution in [0.1, 0.15) is 13.8 Å². The fourth-order valence-electron chi connectivity index (χ4n) is 1.92. The summed E-state index contributed by atoms with van der Waals surface area (Å²) < 4.78 is 37.2. The molecule has 0 atom stereocenters. The van der Waals surface area contributed by atoms with Crippen LogP contribution in [0.3, 0.4) is 0 Å². The third-order valence-corrected chi connectivity index (χ3v) is 3.60. The van der Waals surface area contributed by atoms with E-state index in [1.54, 1.807) is 4.90 Å². The minimum atomic E-state index is -4.57. The first-order valence-corrected chi connectivity index (χ1v) is 6.75. The average molecular weight is 319 g/mol. The number of alkyl halides is 3. The Balaban J connectivity index is 2.33. The van der Waals surface area contributed by atoms with Crippen molar-refractivity contribution >= 4 is 29.5 Å². The zero-order chi connectivity index (χ0) is 15.8. The molecular formula is C12H12F3N3O2S. The van der Waals surface area contributed by atoms with Gasteiger partial charge in [-0.3, -0.25) is 15.1 Å². The van der Waals surface area contributed by atoms with Crippen LogP contribution in [0.4, 0.5) is 24.5 Å². The molecule has 0 aromatic heterocycles. The van der Waals surface area contributed by atoms with E-state index in [4.69, 9.17) is 0 Å². The lowest BCUT2D eigenvalue weighted by atomic mass is 10.1. The Kier molecular flexibility index (Phi) is 3.87. The highest BCUT2D eigenvalue weighted by molar-refractivity contribution is 8.00. The van der Waals surface area contributed by atoms with E-state index in [9.17, 15) is 23.3 Å². The van der Waals surface area contributed by atoms with Crippen molar-refractivity contribution in [3.8, 4) is 0 Å². The summed E-state index contributed by atoms with van der Waals surface area (Å²) in [4.78, 5) is 15.6. The number of hydrogen-bond donors (Lipinski definition) is 0. The molecule has 21 heavy (non-hydrogen) atoms. The topological polar surface area (TPSA) is 58.7 Å². The van der Waals surface area contributed by atoms with Gasteiger partial charge in [0.1, 0.15) is 0 Å². The summed E-state index contributed by atoms with van der Waals surface area (Å²) in [7, 11) is 0. The van der Waals surface area contributed by atoms with Crippen molar-refractivity contribution in [2.45, 2.75) is 29.8 Å². The molecule has 2 rings (SSSR count). The van der Waals surface area contributed by atoms with Crippen molar-refractivity contribution in [3.63, 3.8) is 0 Å². The maximum absolute atomic E-state index is 12.4. The summed E-state index contributed by atoms with van der Waals surface area (Å²) in [5, 5.41) is 11.0. The van der Waals surface area contributed by atoms with E-state index >= 15 is 0 Å². The van der Waals surface area contributed by atoms with E-state index in [2.05, 4.69) is 4.99 Å². The number of rotatable bonds is 3. The number of anilines is 1. The van der Waals surface area contributed by atoms with Crippen molar-refractivity contribution in [2.75, 3.05) is 11.4 Å². The monoisotopic (exact) mass is 319 g/mol. The van der Waals surface area contributed by atoms with Crippen LogP contribution in [-0.4, -0.2) is 28.9 Å². The van der Waals surface area contributed by atoms with Gasteiger partial charge in [0.05, 0.1) is 21.7 Å². The van der Waals surface area contributed by atoms with Gasteiger partial charge in [0, 0.05) is 18.3 Å². The number of aliphatic imine (C=N–C) groups is 1. The maximum atomic E-state index is 12.4. The predicted molar refractivity (Wildman–Crippen MR) is 74.9 cm³/mol. The van der Waals surface area contributed by atoms with E-state index in [-0.39, 0.29) is 5.54 Å². The number of nitro groups is 1. The van der Waals surface area contributed by atoms with Crippen molar-refractivity contribution in [3.05, 3.63) is 28.3 Å². The lowest BCUT2D eigenvalue weighted by Gasteiger charge is -2.20. The standard InChI is InChI=1S/C12H12F3N3O2S/c1-11(2)6-17(7-16-11)8-3-4-10(21-12(13,14)15)9(5-8)18(19)20/h3-5,7H,6H2,1-2H3. The number of benzene rings is 1. The van der Waals surface area contributed by atoms with E-state index in [0.29, 0.717) is 12.2 Å². The first kappa shape index (κ1) is 15.6. The first-order valence-electron chi connectivity index (χ1n) is 5.94. The van der Waals surface area contributed by atoms with Gasteiger partial charge in [-0.2, -0.15) is 13.2 Å². The number of nitrogens with zero attached hydrogens (tertiary/aromatic N) is 3. The maximum Gasteiger partial charge on any atom is 0.446 e. The molecule has 1 aromatic rings. The van der Waals surface area contributed by atoms with Gasteiger partial charge in [-0.1, -0.05) is 0 Å². The largest absolute Gasteiger partial charge is 0.446 e. The molecule has 1 aliphatic heterocycles. The zero-order valence-corrected chi connectivity index (χ0v) is 12.0. The van der Waals surface area contributed by atoms with Crippen molar-refractivity contribution in [2.24, 2.45) is 4.99 Å². The SMILES string of the molecule is CC1(C)CN(c2ccc(SC(F)(F)F)c([N+](=O)[O-])c2)C=N1. The summed E-state index contributed by atoms with van der Waals surface area (Å²) in [5.74, 6) is 0. The van der Waals surface area contributed by atoms with Gasteiger partial charge in [0.15, 0.2) is 0 Å². The second-order valence-corrected chi connectivity index (χ2v) is 6.25. The summed E-state index contributed by atoms with van der Waals surface area (Å²) in [5.41, 5.74) is -5.01. The number of halogens is 3. The first-order chi connectivity index (χ1) is 9.57. The van der Waals surface area contributed by atoms with Gasteiger partial charge >= 0.3 is 5.51 Å². The molecule has 0 spiro atoms. The molecule has 0 bridgehead atoms. The van der Waals surface area contributed by atoms with E-state index < -0.39 is 32.8 Å². The molecule has 114 valence electrons. The third kappa shape index (κ3) is 3.87. The van der Waals surface area contributed by atoms with Crippen LogP contribution in [-0.2, 0) is 0 Å². The van der Waals surface area contributed by atoms with Crippen molar-refractivity contribution in [1.29, 1.82) is 0 Å². The Morgan fingerprint density at radius 1 is 1.43 bits per heavy atom. The van der Waals surface area contributed by atoms with Crippen molar-refractivity contribution in [1.82, 2.24) is 0 Å². The van der Waals surface area contributed by atoms with Gasteiger partial charge in [-0.05, 0) is 37.7 Å². The molecule has 5 nitrogen and oxygen atoms in total. The highest BCUT2D eigenvalue weighted by atomic mass is 32.2. The van der Waals surface area contributed by atoms with E-state index in [1.165, 1.54) is 12.4 Å². The zero-order valence-electron chi connectivity index (χ0n) is 11.2. The van der Waals surface area contributed by atoms with Crippen LogP contribution >= 0.6 is 11.8 Å². The normalized spacial score (nSPS) is 17.3. The van der Waals surface area contributed by atoms with Crippen molar-refractivity contribution < 1.29 is 18.1 Å². The highest BCUT2D eigenvalue weighted by Crippen LogP contribution is 2.42. The minimum absolute atomic E-state index is 0.325. The van der Waals surface area contributed by atoms with Gasteiger partial charge in [-0.15, -0.1) is 0 Å². The Morgan fingerprint density at radius 3 is 2.57 bits per heavy atom. The minimum Gasteiger partial charge on any atom is -0.330 e. The fraction of sp³-hybridized carbons (Fsp3) is 0.417. The molecule has 0 fully saturated rings. The molecule has 0 saturated heterocycles. The summed E-state index contributed by atoms with van der Waals surface area (Å²) in [6.07, 6.45) is 1.54. The lowest BCUT2D eigenvalue weighted by molar-refractivity contribution is -0.387. The summed E-state index contributed by atoms with van der Waals surface area (Å²) in [6.45, 7) is 4.30. The summed E-state index contributed by atoms with van der Waals surface area (Å²) >= 11 is -0.487. The molecule has 0 aliphatic carbocycles. The van der Waals surface area contributed by atoms with Gasteiger partial charge in [0.25, 0.3) is 5.69 Å². The van der Waals surface area contributed by atoms with Crippen LogP contribution in [0.2, 0.25) is 0 Å². The number of hydrogen-bond acceptors (Lipinski definition) is 5. The van der Waals surface area contributed by atoms with Crippen LogP contribution < -0.4 is 4.90 Å². The second kappa shape index (κ2) is 5.21. The number of nitro benzene ring substituents is 1. The van der Waals surface area contributed by atoms with Gasteiger partial charge < -0.3 is 4.90 Å². The lowest BCUT2D eigenvalue weighted by Crippen LogP contribution is -2.28. The van der Waals surface area contributed by atoms with Gasteiger partial charge in [0.2, 0.25) is 0 Å². The predicted octanol–water partition coefficient (Wildman–Crippen LogP) is 3.83. The molecule has 0 radical (unpaired) electrons. The number of thioether (sulfide) groups is 1. The molecule has 0 amide bonds.